The molecule has 5 heteroatoms. The van der Waals surface area contributed by atoms with Crippen LogP contribution in [0.15, 0.2) is 12.4 Å². The van der Waals surface area contributed by atoms with Gasteiger partial charge in [-0.15, -0.1) is 0 Å². The van der Waals surface area contributed by atoms with Gasteiger partial charge in [-0.1, -0.05) is 0 Å². The quantitative estimate of drug-likeness (QED) is 0.883. The summed E-state index contributed by atoms with van der Waals surface area (Å²) in [5.41, 5.74) is -0.609. The molecular formula is C13H21N3O2. The van der Waals surface area contributed by atoms with E-state index in [2.05, 4.69) is 21.4 Å². The lowest BCUT2D eigenvalue weighted by molar-refractivity contribution is -0.151. The van der Waals surface area contributed by atoms with Crippen molar-refractivity contribution in [2.24, 2.45) is 5.41 Å². The van der Waals surface area contributed by atoms with E-state index in [1.807, 2.05) is 13.1 Å². The Bertz CT molecular complexity index is 430. The average molecular weight is 251 g/mol. The Kier molecular flexibility index (Phi) is 3.71. The summed E-state index contributed by atoms with van der Waals surface area (Å²) in [5, 5.41) is 9.29. The number of nitrogens with zero attached hydrogens (tertiary/aromatic N) is 3. The number of carbonyl (C=O) groups is 1. The highest BCUT2D eigenvalue weighted by Gasteiger charge is 2.37. The molecule has 2 rings (SSSR count). The number of hydrogen-bond donors (Lipinski definition) is 1. The second kappa shape index (κ2) is 5.10. The van der Waals surface area contributed by atoms with Gasteiger partial charge in [-0.25, -0.2) is 4.98 Å². The Morgan fingerprint density at radius 1 is 1.61 bits per heavy atom. The van der Waals surface area contributed by atoms with E-state index < -0.39 is 11.4 Å². The van der Waals surface area contributed by atoms with Gasteiger partial charge in [0.05, 0.1) is 12.0 Å². The number of likely N-dealkylation sites (tertiary alicyclic amines) is 1. The third-order valence-corrected chi connectivity index (χ3v) is 3.80. The second-order valence-electron chi connectivity index (χ2n) is 5.31. The van der Waals surface area contributed by atoms with Gasteiger partial charge in [-0.2, -0.15) is 0 Å². The Morgan fingerprint density at radius 2 is 2.39 bits per heavy atom. The van der Waals surface area contributed by atoms with Gasteiger partial charge in [0, 0.05) is 25.5 Å². The van der Waals surface area contributed by atoms with Gasteiger partial charge in [-0.3, -0.25) is 9.69 Å². The predicted molar refractivity (Wildman–Crippen MR) is 68.2 cm³/mol. The number of hydrogen-bond acceptors (Lipinski definition) is 3. The average Bonchev–Trinajstić information content (AvgIpc) is 2.76. The molecule has 0 radical (unpaired) electrons. The highest BCUT2D eigenvalue weighted by atomic mass is 16.4. The molecular weight excluding hydrogens is 230 g/mol. The molecule has 100 valence electrons. The fourth-order valence-corrected chi connectivity index (χ4v) is 2.63. The van der Waals surface area contributed by atoms with Crippen LogP contribution in [0.25, 0.3) is 0 Å². The monoisotopic (exact) mass is 251 g/mol. The third-order valence-electron chi connectivity index (χ3n) is 3.80. The number of rotatable bonds is 4. The summed E-state index contributed by atoms with van der Waals surface area (Å²) < 4.78 is 2.10. The fourth-order valence-electron chi connectivity index (χ4n) is 2.63. The molecule has 1 aliphatic heterocycles. The van der Waals surface area contributed by atoms with Gasteiger partial charge in [-0.05, 0) is 33.2 Å². The Labute approximate surface area is 107 Å². The fraction of sp³-hybridized carbons (Fsp3) is 0.692. The highest BCUT2D eigenvalue weighted by Crippen LogP contribution is 2.30. The zero-order valence-corrected chi connectivity index (χ0v) is 11.1. The molecule has 1 atom stereocenters. The van der Waals surface area contributed by atoms with Crippen LogP contribution >= 0.6 is 0 Å². The van der Waals surface area contributed by atoms with Crippen LogP contribution in [0.2, 0.25) is 0 Å². The van der Waals surface area contributed by atoms with Crippen LogP contribution in [-0.4, -0.2) is 38.6 Å². The predicted octanol–water partition coefficient (Wildman–Crippen LogP) is 1.59. The van der Waals surface area contributed by atoms with Gasteiger partial charge in [0.15, 0.2) is 0 Å². The molecule has 0 aliphatic carbocycles. The summed E-state index contributed by atoms with van der Waals surface area (Å²) in [6.07, 6.45) is 5.48. The maximum absolute atomic E-state index is 11.3. The van der Waals surface area contributed by atoms with Crippen LogP contribution in [0.3, 0.4) is 0 Å². The Hall–Kier alpha value is -1.36. The standard InChI is InChI=1S/C13H21N3O2/c1-3-16-8-6-14-11(16)9-15-7-4-5-13(2,10-15)12(17)18/h6,8H,3-5,7,9-10H2,1-2H3,(H,17,18). The van der Waals surface area contributed by atoms with Crippen molar-refractivity contribution in [2.45, 2.75) is 39.8 Å². The molecule has 0 spiro atoms. The van der Waals surface area contributed by atoms with E-state index in [9.17, 15) is 9.90 Å². The first-order valence-corrected chi connectivity index (χ1v) is 6.51. The lowest BCUT2D eigenvalue weighted by atomic mass is 9.82. The number of carboxylic acid groups (broad SMARTS) is 1. The minimum Gasteiger partial charge on any atom is -0.481 e. The maximum atomic E-state index is 11.3. The molecule has 1 aromatic rings. The van der Waals surface area contributed by atoms with Gasteiger partial charge in [0.25, 0.3) is 0 Å². The molecule has 0 amide bonds. The largest absolute Gasteiger partial charge is 0.481 e. The molecule has 1 saturated heterocycles. The van der Waals surface area contributed by atoms with Crippen LogP contribution in [0, 0.1) is 5.41 Å². The molecule has 1 aliphatic rings. The van der Waals surface area contributed by atoms with Crippen molar-refractivity contribution >= 4 is 5.97 Å². The zero-order valence-electron chi connectivity index (χ0n) is 11.1. The minimum atomic E-state index is -0.689. The van der Waals surface area contributed by atoms with Crippen molar-refractivity contribution in [3.05, 3.63) is 18.2 Å². The minimum absolute atomic E-state index is 0.609. The molecule has 1 fully saturated rings. The van der Waals surface area contributed by atoms with E-state index in [0.717, 1.165) is 38.3 Å². The number of aryl methyl sites for hydroxylation is 1. The normalized spacial score (nSPS) is 25.2. The summed E-state index contributed by atoms with van der Waals surface area (Å²) in [4.78, 5) is 17.8. The number of carboxylic acids is 1. The smallest absolute Gasteiger partial charge is 0.310 e. The van der Waals surface area contributed by atoms with Gasteiger partial charge >= 0.3 is 5.97 Å². The molecule has 0 saturated carbocycles. The molecule has 2 heterocycles. The first kappa shape index (κ1) is 13.1. The van der Waals surface area contributed by atoms with Crippen molar-refractivity contribution in [3.8, 4) is 0 Å². The maximum Gasteiger partial charge on any atom is 0.310 e. The van der Waals surface area contributed by atoms with Crippen molar-refractivity contribution in [1.29, 1.82) is 0 Å². The lowest BCUT2D eigenvalue weighted by Crippen LogP contribution is -2.45. The van der Waals surface area contributed by atoms with Crippen molar-refractivity contribution < 1.29 is 9.90 Å². The van der Waals surface area contributed by atoms with E-state index in [4.69, 9.17) is 0 Å². The van der Waals surface area contributed by atoms with Crippen LogP contribution in [0.4, 0.5) is 0 Å². The number of aliphatic carboxylic acids is 1. The first-order valence-electron chi connectivity index (χ1n) is 6.51. The Morgan fingerprint density at radius 3 is 3.06 bits per heavy atom. The van der Waals surface area contributed by atoms with E-state index in [-0.39, 0.29) is 0 Å². The topological polar surface area (TPSA) is 58.4 Å². The summed E-state index contributed by atoms with van der Waals surface area (Å²) >= 11 is 0. The SMILES string of the molecule is CCn1ccnc1CN1CCCC(C)(C(=O)O)C1. The summed E-state index contributed by atoms with van der Waals surface area (Å²) in [7, 11) is 0. The van der Waals surface area contributed by atoms with E-state index in [1.54, 1.807) is 6.20 Å². The van der Waals surface area contributed by atoms with Gasteiger partial charge in [0.2, 0.25) is 0 Å². The number of aromatic nitrogens is 2. The number of imidazole rings is 1. The second-order valence-corrected chi connectivity index (χ2v) is 5.31. The third kappa shape index (κ3) is 2.56. The lowest BCUT2D eigenvalue weighted by Gasteiger charge is -2.37. The molecule has 5 nitrogen and oxygen atoms in total. The summed E-state index contributed by atoms with van der Waals surface area (Å²) in [5.74, 6) is 0.332. The molecule has 0 aromatic carbocycles. The van der Waals surface area contributed by atoms with Crippen molar-refractivity contribution in [2.75, 3.05) is 13.1 Å². The van der Waals surface area contributed by atoms with Gasteiger partial charge < -0.3 is 9.67 Å². The molecule has 1 N–H and O–H groups in total. The van der Waals surface area contributed by atoms with Gasteiger partial charge in [0.1, 0.15) is 5.82 Å². The van der Waals surface area contributed by atoms with Crippen LogP contribution < -0.4 is 0 Å². The molecule has 0 bridgehead atoms. The zero-order chi connectivity index (χ0) is 13.2. The first-order chi connectivity index (χ1) is 8.55. The van der Waals surface area contributed by atoms with Crippen LogP contribution in [0.5, 0.6) is 0 Å². The molecule has 1 aromatic heterocycles. The highest BCUT2D eigenvalue weighted by molar-refractivity contribution is 5.74. The van der Waals surface area contributed by atoms with Crippen molar-refractivity contribution in [1.82, 2.24) is 14.5 Å². The van der Waals surface area contributed by atoms with Crippen LogP contribution in [-0.2, 0) is 17.9 Å². The molecule has 1 unspecified atom stereocenters. The van der Waals surface area contributed by atoms with Crippen molar-refractivity contribution in [3.63, 3.8) is 0 Å². The summed E-state index contributed by atoms with van der Waals surface area (Å²) in [6.45, 7) is 7.14. The number of piperidine rings is 1. The summed E-state index contributed by atoms with van der Waals surface area (Å²) in [6, 6.07) is 0. The van der Waals surface area contributed by atoms with Crippen LogP contribution in [0.1, 0.15) is 32.5 Å². The van der Waals surface area contributed by atoms with E-state index in [1.165, 1.54) is 0 Å². The Balaban J connectivity index is 2.04. The van der Waals surface area contributed by atoms with E-state index >= 15 is 0 Å². The van der Waals surface area contributed by atoms with E-state index in [0.29, 0.717) is 6.54 Å². The molecule has 18 heavy (non-hydrogen) atoms.